The summed E-state index contributed by atoms with van der Waals surface area (Å²) in [5, 5.41) is 3.70. The van der Waals surface area contributed by atoms with Crippen LogP contribution in [0.25, 0.3) is 0 Å². The van der Waals surface area contributed by atoms with E-state index in [1.54, 1.807) is 18.2 Å². The highest BCUT2D eigenvalue weighted by molar-refractivity contribution is 6.30. The van der Waals surface area contributed by atoms with Crippen molar-refractivity contribution in [3.63, 3.8) is 0 Å². The number of primary amides is 1. The quantitative estimate of drug-likeness (QED) is 0.849. The molecule has 98 valence electrons. The Morgan fingerprint density at radius 1 is 1.61 bits per heavy atom. The minimum atomic E-state index is -0.538. The van der Waals surface area contributed by atoms with E-state index in [0.717, 1.165) is 13.1 Å². The molecule has 1 aromatic rings. The second-order valence-corrected chi connectivity index (χ2v) is 4.45. The zero-order valence-corrected chi connectivity index (χ0v) is 10.6. The van der Waals surface area contributed by atoms with Crippen LogP contribution in [0.15, 0.2) is 18.2 Å². The third kappa shape index (κ3) is 3.35. The van der Waals surface area contributed by atoms with Crippen molar-refractivity contribution in [3.8, 4) is 5.75 Å². The van der Waals surface area contributed by atoms with Crippen LogP contribution >= 0.6 is 11.6 Å². The standard InChI is InChI=1S/C12H15ClN2O3/c13-8-1-2-10(12(14)16)11(5-8)18-7-9-6-15-3-4-17-9/h1-2,5,9,15H,3-4,6-7H2,(H2,14,16). The number of hydrogen-bond acceptors (Lipinski definition) is 4. The molecule has 1 unspecified atom stereocenters. The van der Waals surface area contributed by atoms with E-state index in [-0.39, 0.29) is 6.10 Å². The summed E-state index contributed by atoms with van der Waals surface area (Å²) in [6.07, 6.45) is -0.0292. The maximum absolute atomic E-state index is 11.2. The first kappa shape index (κ1) is 13.1. The molecule has 1 aliphatic heterocycles. The normalized spacial score (nSPS) is 19.5. The maximum atomic E-state index is 11.2. The molecule has 2 rings (SSSR count). The largest absolute Gasteiger partial charge is 0.490 e. The lowest BCUT2D eigenvalue weighted by molar-refractivity contribution is 0.0000396. The lowest BCUT2D eigenvalue weighted by Gasteiger charge is -2.24. The van der Waals surface area contributed by atoms with Gasteiger partial charge in [-0.1, -0.05) is 11.6 Å². The number of carbonyl (C=O) groups excluding carboxylic acids is 1. The van der Waals surface area contributed by atoms with Gasteiger partial charge in [-0.2, -0.15) is 0 Å². The molecule has 1 saturated heterocycles. The zero-order chi connectivity index (χ0) is 13.0. The molecule has 0 spiro atoms. The van der Waals surface area contributed by atoms with Crippen molar-refractivity contribution in [1.29, 1.82) is 0 Å². The minimum absolute atomic E-state index is 0.0292. The number of carbonyl (C=O) groups is 1. The van der Waals surface area contributed by atoms with Gasteiger partial charge in [0.15, 0.2) is 0 Å². The molecule has 1 aromatic carbocycles. The van der Waals surface area contributed by atoms with E-state index in [0.29, 0.717) is 29.5 Å². The average Bonchev–Trinajstić information content (AvgIpc) is 2.37. The van der Waals surface area contributed by atoms with Crippen LogP contribution < -0.4 is 15.8 Å². The van der Waals surface area contributed by atoms with Crippen LogP contribution in [-0.4, -0.2) is 38.3 Å². The summed E-state index contributed by atoms with van der Waals surface area (Å²) in [6.45, 7) is 2.59. The van der Waals surface area contributed by atoms with E-state index < -0.39 is 5.91 Å². The van der Waals surface area contributed by atoms with Gasteiger partial charge < -0.3 is 20.5 Å². The number of hydrogen-bond donors (Lipinski definition) is 2. The molecule has 0 bridgehead atoms. The predicted molar refractivity (Wildman–Crippen MR) is 68.1 cm³/mol. The highest BCUT2D eigenvalue weighted by Crippen LogP contribution is 2.23. The molecular weight excluding hydrogens is 256 g/mol. The Hall–Kier alpha value is -1.30. The number of nitrogens with one attached hydrogen (secondary N) is 1. The second kappa shape index (κ2) is 6.04. The summed E-state index contributed by atoms with van der Waals surface area (Å²) >= 11 is 5.87. The molecule has 0 radical (unpaired) electrons. The molecule has 1 aliphatic rings. The fraction of sp³-hybridized carbons (Fsp3) is 0.417. The zero-order valence-electron chi connectivity index (χ0n) is 9.82. The molecule has 0 saturated carbocycles. The SMILES string of the molecule is NC(=O)c1ccc(Cl)cc1OCC1CNCCO1. The highest BCUT2D eigenvalue weighted by Gasteiger charge is 2.16. The fourth-order valence-corrected chi connectivity index (χ4v) is 1.89. The first-order valence-electron chi connectivity index (χ1n) is 5.71. The van der Waals surface area contributed by atoms with Gasteiger partial charge in [0.2, 0.25) is 0 Å². The molecule has 18 heavy (non-hydrogen) atoms. The van der Waals surface area contributed by atoms with Gasteiger partial charge in [-0.05, 0) is 18.2 Å². The van der Waals surface area contributed by atoms with Crippen molar-refractivity contribution in [2.24, 2.45) is 5.73 Å². The number of morpholine rings is 1. The van der Waals surface area contributed by atoms with E-state index in [2.05, 4.69) is 5.32 Å². The summed E-state index contributed by atoms with van der Waals surface area (Å²) in [4.78, 5) is 11.2. The van der Waals surface area contributed by atoms with E-state index in [4.69, 9.17) is 26.8 Å². The predicted octanol–water partition coefficient (Wildman–Crippen LogP) is 0.806. The molecule has 3 N–H and O–H groups in total. The number of amides is 1. The van der Waals surface area contributed by atoms with Gasteiger partial charge in [-0.15, -0.1) is 0 Å². The monoisotopic (exact) mass is 270 g/mol. The van der Waals surface area contributed by atoms with Crippen molar-refractivity contribution >= 4 is 17.5 Å². The Morgan fingerprint density at radius 3 is 3.11 bits per heavy atom. The molecule has 6 heteroatoms. The molecule has 0 aliphatic carbocycles. The lowest BCUT2D eigenvalue weighted by atomic mass is 10.2. The summed E-state index contributed by atoms with van der Waals surface area (Å²) in [7, 11) is 0. The number of ether oxygens (including phenoxy) is 2. The Morgan fingerprint density at radius 2 is 2.44 bits per heavy atom. The molecular formula is C12H15ClN2O3. The van der Waals surface area contributed by atoms with Gasteiger partial charge in [0.25, 0.3) is 5.91 Å². The van der Waals surface area contributed by atoms with Crippen molar-refractivity contribution < 1.29 is 14.3 Å². The van der Waals surface area contributed by atoms with Crippen LogP contribution in [0.3, 0.4) is 0 Å². The van der Waals surface area contributed by atoms with Crippen molar-refractivity contribution in [2.45, 2.75) is 6.10 Å². The van der Waals surface area contributed by atoms with E-state index in [1.807, 2.05) is 0 Å². The molecule has 1 fully saturated rings. The number of halogens is 1. The smallest absolute Gasteiger partial charge is 0.252 e. The third-order valence-corrected chi connectivity index (χ3v) is 2.87. The van der Waals surface area contributed by atoms with Crippen LogP contribution in [0.2, 0.25) is 5.02 Å². The number of nitrogens with two attached hydrogens (primary N) is 1. The van der Waals surface area contributed by atoms with Crippen molar-refractivity contribution in [3.05, 3.63) is 28.8 Å². The molecule has 5 nitrogen and oxygen atoms in total. The highest BCUT2D eigenvalue weighted by atomic mass is 35.5. The van der Waals surface area contributed by atoms with Gasteiger partial charge >= 0.3 is 0 Å². The van der Waals surface area contributed by atoms with Gasteiger partial charge in [-0.25, -0.2) is 0 Å². The summed E-state index contributed by atoms with van der Waals surface area (Å²) in [5.74, 6) is -0.145. The Kier molecular flexibility index (Phi) is 4.41. The summed E-state index contributed by atoms with van der Waals surface area (Å²) in [6, 6.07) is 4.74. The average molecular weight is 271 g/mol. The van der Waals surface area contributed by atoms with Crippen LogP contribution in [0.5, 0.6) is 5.75 Å². The van der Waals surface area contributed by atoms with Crippen molar-refractivity contribution in [2.75, 3.05) is 26.3 Å². The topological polar surface area (TPSA) is 73.6 Å². The van der Waals surface area contributed by atoms with Crippen LogP contribution in [0.4, 0.5) is 0 Å². The Bertz CT molecular complexity index is 433. The Balaban J connectivity index is 2.03. The van der Waals surface area contributed by atoms with Gasteiger partial charge in [0, 0.05) is 18.1 Å². The van der Waals surface area contributed by atoms with Crippen LogP contribution in [0.1, 0.15) is 10.4 Å². The first-order valence-corrected chi connectivity index (χ1v) is 6.09. The van der Waals surface area contributed by atoms with Crippen LogP contribution in [-0.2, 0) is 4.74 Å². The van der Waals surface area contributed by atoms with Gasteiger partial charge in [-0.3, -0.25) is 4.79 Å². The van der Waals surface area contributed by atoms with Gasteiger partial charge in [0.1, 0.15) is 18.5 Å². The molecule has 1 atom stereocenters. The molecule has 1 heterocycles. The van der Waals surface area contributed by atoms with Gasteiger partial charge in [0.05, 0.1) is 12.2 Å². The second-order valence-electron chi connectivity index (χ2n) is 4.01. The lowest BCUT2D eigenvalue weighted by Crippen LogP contribution is -2.41. The van der Waals surface area contributed by atoms with Crippen molar-refractivity contribution in [1.82, 2.24) is 5.32 Å². The third-order valence-electron chi connectivity index (χ3n) is 2.64. The number of rotatable bonds is 4. The summed E-state index contributed by atoms with van der Waals surface area (Å²) < 4.78 is 11.1. The van der Waals surface area contributed by atoms with E-state index in [1.165, 1.54) is 0 Å². The van der Waals surface area contributed by atoms with Crippen LogP contribution in [0, 0.1) is 0 Å². The Labute approximate surface area is 110 Å². The summed E-state index contributed by atoms with van der Waals surface area (Å²) in [5.41, 5.74) is 5.59. The minimum Gasteiger partial charge on any atom is -0.490 e. The maximum Gasteiger partial charge on any atom is 0.252 e. The molecule has 1 amide bonds. The van der Waals surface area contributed by atoms with E-state index >= 15 is 0 Å². The van der Waals surface area contributed by atoms with E-state index in [9.17, 15) is 4.79 Å². The number of benzene rings is 1. The fourth-order valence-electron chi connectivity index (χ4n) is 1.73. The first-order chi connectivity index (χ1) is 8.66. The molecule has 0 aromatic heterocycles.